The highest BCUT2D eigenvalue weighted by molar-refractivity contribution is 14.0. The highest BCUT2D eigenvalue weighted by atomic mass is 127. The predicted molar refractivity (Wildman–Crippen MR) is 109 cm³/mol. The summed E-state index contributed by atoms with van der Waals surface area (Å²) in [6.07, 6.45) is 3.24. The molecule has 0 amide bonds. The Kier molecular flexibility index (Phi) is 8.33. The zero-order valence-corrected chi connectivity index (χ0v) is 17.6. The number of aliphatic imine (C=N–C) groups is 1. The first-order valence-corrected chi connectivity index (χ1v) is 8.61. The van der Waals surface area contributed by atoms with Crippen LogP contribution in [-0.2, 0) is 6.54 Å². The van der Waals surface area contributed by atoms with E-state index in [-0.39, 0.29) is 41.8 Å². The lowest BCUT2D eigenvalue weighted by Gasteiger charge is -2.33. The summed E-state index contributed by atoms with van der Waals surface area (Å²) in [5.41, 5.74) is 0.0375. The van der Waals surface area contributed by atoms with Crippen molar-refractivity contribution in [3.05, 3.63) is 41.7 Å². The van der Waals surface area contributed by atoms with Crippen molar-refractivity contribution in [1.29, 1.82) is 0 Å². The molecule has 28 heavy (non-hydrogen) atoms. The van der Waals surface area contributed by atoms with Gasteiger partial charge >= 0.3 is 6.61 Å². The van der Waals surface area contributed by atoms with E-state index in [1.165, 1.54) is 24.5 Å². The van der Waals surface area contributed by atoms with Gasteiger partial charge in [-0.3, -0.25) is 10.1 Å². The van der Waals surface area contributed by atoms with Gasteiger partial charge in [0.25, 0.3) is 0 Å². The number of guanidine groups is 1. The largest absolute Gasteiger partial charge is 0.434 e. The molecule has 2 N–H and O–H groups in total. The van der Waals surface area contributed by atoms with Crippen LogP contribution in [0.5, 0.6) is 5.75 Å². The van der Waals surface area contributed by atoms with Crippen LogP contribution in [-0.4, -0.2) is 52.8 Å². The van der Waals surface area contributed by atoms with E-state index in [0.29, 0.717) is 11.9 Å². The summed E-state index contributed by atoms with van der Waals surface area (Å²) in [6.45, 7) is -1.55. The zero-order chi connectivity index (χ0) is 19.2. The van der Waals surface area contributed by atoms with E-state index in [1.54, 1.807) is 7.05 Å². The fourth-order valence-corrected chi connectivity index (χ4v) is 3.19. The van der Waals surface area contributed by atoms with Crippen molar-refractivity contribution in [3.8, 4) is 5.75 Å². The Morgan fingerprint density at radius 3 is 2.75 bits per heavy atom. The van der Waals surface area contributed by atoms with Crippen molar-refractivity contribution in [3.63, 3.8) is 0 Å². The molecule has 7 nitrogen and oxygen atoms in total. The number of ether oxygens (including phenoxy) is 1. The number of rotatable bonds is 5. The second-order valence-corrected chi connectivity index (χ2v) is 6.13. The maximum atomic E-state index is 14.1. The van der Waals surface area contributed by atoms with Gasteiger partial charge in [0.15, 0.2) is 5.96 Å². The van der Waals surface area contributed by atoms with Gasteiger partial charge in [-0.25, -0.2) is 9.37 Å². The van der Waals surface area contributed by atoms with Crippen LogP contribution < -0.4 is 10.1 Å². The van der Waals surface area contributed by atoms with Crippen LogP contribution >= 0.6 is 24.0 Å². The topological polar surface area (TPSA) is 78.4 Å². The molecule has 3 rings (SSSR count). The molecule has 0 spiro atoms. The molecule has 0 atom stereocenters. The zero-order valence-electron chi connectivity index (χ0n) is 15.2. The van der Waals surface area contributed by atoms with E-state index in [2.05, 4.69) is 30.2 Å². The molecule has 2 aromatic rings. The molecule has 1 aliphatic heterocycles. The number of nitrogens with zero attached hydrogens (tertiary/aromatic N) is 4. The number of H-pyrrole nitrogens is 1. The number of likely N-dealkylation sites (tertiary alicyclic amines) is 1. The Morgan fingerprint density at radius 2 is 2.14 bits per heavy atom. The second-order valence-electron chi connectivity index (χ2n) is 6.13. The molecule has 1 aromatic carbocycles. The maximum absolute atomic E-state index is 14.1. The van der Waals surface area contributed by atoms with E-state index in [1.807, 2.05) is 4.90 Å². The summed E-state index contributed by atoms with van der Waals surface area (Å²) in [5.74, 6) is 0.964. The van der Waals surface area contributed by atoms with Gasteiger partial charge in [0.1, 0.15) is 23.7 Å². The van der Waals surface area contributed by atoms with Gasteiger partial charge in [-0.1, -0.05) is 6.07 Å². The molecule has 1 fully saturated rings. The lowest BCUT2D eigenvalue weighted by Crippen LogP contribution is -2.45. The van der Waals surface area contributed by atoms with Crippen LogP contribution in [0.2, 0.25) is 0 Å². The lowest BCUT2D eigenvalue weighted by atomic mass is 9.96. The molecule has 0 saturated carbocycles. The molecule has 1 aromatic heterocycles. The van der Waals surface area contributed by atoms with Gasteiger partial charge in [-0.2, -0.15) is 13.9 Å². The van der Waals surface area contributed by atoms with Crippen LogP contribution in [0.15, 0.2) is 29.5 Å². The molecule has 0 bridgehead atoms. The number of benzene rings is 1. The number of halogens is 4. The summed E-state index contributed by atoms with van der Waals surface area (Å²) in [5, 5.41) is 9.81. The first-order chi connectivity index (χ1) is 13.1. The fourth-order valence-electron chi connectivity index (χ4n) is 3.19. The summed E-state index contributed by atoms with van der Waals surface area (Å²) >= 11 is 0. The third-order valence-electron chi connectivity index (χ3n) is 4.54. The average Bonchev–Trinajstić information content (AvgIpc) is 3.19. The highest BCUT2D eigenvalue weighted by Crippen LogP contribution is 2.26. The Bertz CT molecular complexity index is 766. The lowest BCUT2D eigenvalue weighted by molar-refractivity contribution is -0.0506. The van der Waals surface area contributed by atoms with Gasteiger partial charge in [0, 0.05) is 38.2 Å². The molecule has 11 heteroatoms. The molecule has 0 unspecified atom stereocenters. The molecular weight excluding hydrogens is 488 g/mol. The maximum Gasteiger partial charge on any atom is 0.387 e. The number of hydrogen-bond donors (Lipinski definition) is 2. The van der Waals surface area contributed by atoms with E-state index < -0.39 is 12.4 Å². The van der Waals surface area contributed by atoms with Crippen LogP contribution in [0.3, 0.4) is 0 Å². The van der Waals surface area contributed by atoms with Crippen molar-refractivity contribution in [2.45, 2.75) is 31.9 Å². The monoisotopic (exact) mass is 510 g/mol. The predicted octanol–water partition coefficient (Wildman–Crippen LogP) is 3.12. The van der Waals surface area contributed by atoms with Crippen LogP contribution in [0.4, 0.5) is 13.2 Å². The first kappa shape index (κ1) is 22.2. The Hall–Kier alpha value is -2.05. The van der Waals surface area contributed by atoms with Gasteiger partial charge in [-0.15, -0.1) is 24.0 Å². The number of aromatic nitrogens is 3. The van der Waals surface area contributed by atoms with Crippen LogP contribution in [0.1, 0.15) is 30.1 Å². The molecule has 1 aliphatic rings. The van der Waals surface area contributed by atoms with Gasteiger partial charge < -0.3 is 15.0 Å². The van der Waals surface area contributed by atoms with E-state index in [4.69, 9.17) is 0 Å². The smallest absolute Gasteiger partial charge is 0.387 e. The van der Waals surface area contributed by atoms with Crippen LogP contribution in [0, 0.1) is 5.82 Å². The summed E-state index contributed by atoms with van der Waals surface area (Å²) in [7, 11) is 1.63. The molecule has 154 valence electrons. The molecule has 1 saturated heterocycles. The Labute approximate surface area is 177 Å². The summed E-state index contributed by atoms with van der Waals surface area (Å²) < 4.78 is 43.5. The number of piperidine rings is 1. The van der Waals surface area contributed by atoms with Crippen molar-refractivity contribution >= 4 is 29.9 Å². The minimum Gasteiger partial charge on any atom is -0.434 e. The highest BCUT2D eigenvalue weighted by Gasteiger charge is 2.24. The van der Waals surface area contributed by atoms with Crippen molar-refractivity contribution in [2.24, 2.45) is 4.99 Å². The number of alkyl halides is 2. The van der Waals surface area contributed by atoms with Crippen molar-refractivity contribution in [1.82, 2.24) is 25.4 Å². The molecular formula is C17H22F3IN6O. The van der Waals surface area contributed by atoms with E-state index in [0.717, 1.165) is 31.8 Å². The summed E-state index contributed by atoms with van der Waals surface area (Å²) in [6, 6.07) is 3.86. The standard InChI is InChI=1S/C17H21F3N6O.HI/c1-21-17(26-7-5-11(6-8-26)15-23-10-24-25-15)22-9-12-13(18)3-2-4-14(12)27-16(19)20;/h2-4,10-11,16H,5-9H2,1H3,(H,21,22)(H,23,24,25);1H. The molecule has 0 aliphatic carbocycles. The molecule has 2 heterocycles. The number of nitrogens with one attached hydrogen (secondary N) is 2. The third kappa shape index (κ3) is 5.49. The van der Waals surface area contributed by atoms with Gasteiger partial charge in [0.05, 0.1) is 0 Å². The SMILES string of the molecule is CN=C(NCc1c(F)cccc1OC(F)F)N1CCC(c2ncn[nH]2)CC1.I. The minimum absolute atomic E-state index is 0. The second kappa shape index (κ2) is 10.5. The van der Waals surface area contributed by atoms with Crippen LogP contribution in [0.25, 0.3) is 0 Å². The Balaban J connectivity index is 0.00000280. The number of aromatic amines is 1. The molecule has 0 radical (unpaired) electrons. The van der Waals surface area contributed by atoms with Gasteiger partial charge in [-0.05, 0) is 25.0 Å². The Morgan fingerprint density at radius 1 is 1.39 bits per heavy atom. The average molecular weight is 510 g/mol. The van der Waals surface area contributed by atoms with Gasteiger partial charge in [0.2, 0.25) is 0 Å². The van der Waals surface area contributed by atoms with Crippen molar-refractivity contribution in [2.75, 3.05) is 20.1 Å². The third-order valence-corrected chi connectivity index (χ3v) is 4.54. The minimum atomic E-state index is -3.01. The quantitative estimate of drug-likeness (QED) is 0.368. The first-order valence-electron chi connectivity index (χ1n) is 8.61. The normalized spacial score (nSPS) is 15.5. The van der Waals surface area contributed by atoms with Crippen molar-refractivity contribution < 1.29 is 17.9 Å². The van der Waals surface area contributed by atoms with E-state index in [9.17, 15) is 13.2 Å². The fraction of sp³-hybridized carbons (Fsp3) is 0.471. The number of hydrogen-bond acceptors (Lipinski definition) is 4. The van der Waals surface area contributed by atoms with E-state index >= 15 is 0 Å². The summed E-state index contributed by atoms with van der Waals surface area (Å²) in [4.78, 5) is 10.5.